The number of anilines is 2. The molecule has 236 valence electrons. The van der Waals surface area contributed by atoms with Crippen molar-refractivity contribution in [3.05, 3.63) is 95.6 Å². The highest BCUT2D eigenvalue weighted by atomic mass is 32.2. The summed E-state index contributed by atoms with van der Waals surface area (Å²) >= 11 is 0. The van der Waals surface area contributed by atoms with Crippen LogP contribution in [0.2, 0.25) is 0 Å². The second-order valence-electron chi connectivity index (χ2n) is 9.68. The van der Waals surface area contributed by atoms with E-state index >= 15 is 0 Å². The van der Waals surface area contributed by atoms with Crippen LogP contribution in [0.4, 0.5) is 20.2 Å². The zero-order valence-corrected chi connectivity index (χ0v) is 25.6. The SMILES string of the molecule is COc1ccc(C2CC(=O)c3c(OC)cc(OC)c(S(=O)(=O)Nc4ccc(F)cc4)c3O2)cc1S(=O)(=O)Nc1ccc(F)cc1. The summed E-state index contributed by atoms with van der Waals surface area (Å²) in [7, 11) is -5.06. The van der Waals surface area contributed by atoms with Gasteiger partial charge in [0.05, 0.1) is 27.8 Å². The zero-order chi connectivity index (χ0) is 32.5. The molecule has 1 atom stereocenters. The maximum absolute atomic E-state index is 13.7. The smallest absolute Gasteiger partial charge is 0.269 e. The number of nitrogens with one attached hydrogen (secondary N) is 2. The average Bonchev–Trinajstić information content (AvgIpc) is 3.01. The van der Waals surface area contributed by atoms with Gasteiger partial charge in [-0.3, -0.25) is 14.2 Å². The van der Waals surface area contributed by atoms with Crippen LogP contribution >= 0.6 is 0 Å². The van der Waals surface area contributed by atoms with Crippen molar-refractivity contribution in [2.75, 3.05) is 30.8 Å². The molecular formula is C30H26F2N2O9S2. The van der Waals surface area contributed by atoms with Gasteiger partial charge in [-0.15, -0.1) is 0 Å². The van der Waals surface area contributed by atoms with Gasteiger partial charge < -0.3 is 18.9 Å². The molecule has 0 bridgehead atoms. The second kappa shape index (κ2) is 12.2. The van der Waals surface area contributed by atoms with E-state index in [-0.39, 0.29) is 56.8 Å². The molecular weight excluding hydrogens is 634 g/mol. The number of rotatable bonds is 10. The first-order valence-electron chi connectivity index (χ1n) is 13.1. The highest BCUT2D eigenvalue weighted by molar-refractivity contribution is 7.93. The summed E-state index contributed by atoms with van der Waals surface area (Å²) in [6.07, 6.45) is -1.47. The highest BCUT2D eigenvalue weighted by Crippen LogP contribution is 2.48. The number of ether oxygens (including phenoxy) is 4. The Morgan fingerprint density at radius 2 is 1.24 bits per heavy atom. The third-order valence-corrected chi connectivity index (χ3v) is 9.66. The molecule has 0 saturated carbocycles. The van der Waals surface area contributed by atoms with Crippen molar-refractivity contribution in [1.29, 1.82) is 0 Å². The molecule has 0 radical (unpaired) electrons. The number of benzene rings is 4. The Labute approximate surface area is 257 Å². The van der Waals surface area contributed by atoms with Crippen molar-refractivity contribution >= 4 is 37.2 Å². The third-order valence-electron chi connectivity index (χ3n) is 6.83. The van der Waals surface area contributed by atoms with Gasteiger partial charge in [0, 0.05) is 17.4 Å². The van der Waals surface area contributed by atoms with Gasteiger partial charge in [-0.2, -0.15) is 0 Å². The first-order chi connectivity index (χ1) is 21.4. The topological polar surface area (TPSA) is 146 Å². The van der Waals surface area contributed by atoms with Crippen molar-refractivity contribution in [1.82, 2.24) is 0 Å². The molecule has 0 fully saturated rings. The van der Waals surface area contributed by atoms with Gasteiger partial charge in [-0.05, 0) is 66.2 Å². The van der Waals surface area contributed by atoms with E-state index in [9.17, 15) is 30.4 Å². The van der Waals surface area contributed by atoms with Gasteiger partial charge in [0.1, 0.15) is 45.4 Å². The van der Waals surface area contributed by atoms with Gasteiger partial charge in [-0.25, -0.2) is 25.6 Å². The van der Waals surface area contributed by atoms with Crippen molar-refractivity contribution in [3.63, 3.8) is 0 Å². The number of Topliss-reactive ketones (excluding diaryl/α,β-unsaturated/α-hetero) is 1. The molecule has 0 spiro atoms. The lowest BCUT2D eigenvalue weighted by Gasteiger charge is -2.29. The van der Waals surface area contributed by atoms with Gasteiger partial charge in [0.25, 0.3) is 20.0 Å². The molecule has 4 aromatic rings. The molecule has 0 saturated heterocycles. The zero-order valence-electron chi connectivity index (χ0n) is 24.0. The molecule has 0 amide bonds. The summed E-state index contributed by atoms with van der Waals surface area (Å²) in [5.41, 5.74) is 0.157. The monoisotopic (exact) mass is 660 g/mol. The number of fused-ring (bicyclic) bond motifs is 1. The number of carbonyl (C=O) groups excluding carboxylic acids is 1. The maximum Gasteiger partial charge on any atom is 0.269 e. The largest absolute Gasteiger partial charge is 0.496 e. The van der Waals surface area contributed by atoms with Gasteiger partial charge in [0.2, 0.25) is 0 Å². The first-order valence-corrected chi connectivity index (χ1v) is 16.1. The second-order valence-corrected chi connectivity index (χ2v) is 13.0. The van der Waals surface area contributed by atoms with E-state index in [0.29, 0.717) is 0 Å². The van der Waals surface area contributed by atoms with E-state index in [1.165, 1.54) is 69.9 Å². The predicted molar refractivity (Wildman–Crippen MR) is 159 cm³/mol. The molecule has 0 aliphatic carbocycles. The number of halogens is 2. The Kier molecular flexibility index (Phi) is 8.58. The molecule has 1 heterocycles. The molecule has 4 aromatic carbocycles. The van der Waals surface area contributed by atoms with Crippen LogP contribution < -0.4 is 28.4 Å². The fourth-order valence-electron chi connectivity index (χ4n) is 4.73. The van der Waals surface area contributed by atoms with Gasteiger partial charge >= 0.3 is 0 Å². The highest BCUT2D eigenvalue weighted by Gasteiger charge is 2.39. The lowest BCUT2D eigenvalue weighted by atomic mass is 9.95. The predicted octanol–water partition coefficient (Wildman–Crippen LogP) is 5.30. The number of carbonyl (C=O) groups is 1. The minimum atomic E-state index is -4.53. The first kappa shape index (κ1) is 31.5. The van der Waals surface area contributed by atoms with Crippen LogP contribution in [0.25, 0.3) is 0 Å². The van der Waals surface area contributed by atoms with Crippen LogP contribution in [-0.4, -0.2) is 43.9 Å². The number of methoxy groups -OCH3 is 3. The lowest BCUT2D eigenvalue weighted by molar-refractivity contribution is 0.0836. The number of hydrogen-bond acceptors (Lipinski definition) is 9. The minimum Gasteiger partial charge on any atom is -0.496 e. The van der Waals surface area contributed by atoms with E-state index in [4.69, 9.17) is 18.9 Å². The van der Waals surface area contributed by atoms with E-state index in [2.05, 4.69) is 9.44 Å². The fraction of sp³-hybridized carbons (Fsp3) is 0.167. The quantitative estimate of drug-likeness (QED) is 0.231. The normalized spacial score (nSPS) is 14.6. The Hall–Kier alpha value is -4.89. The summed E-state index contributed by atoms with van der Waals surface area (Å²) in [4.78, 5) is 12.7. The molecule has 11 nitrogen and oxygen atoms in total. The summed E-state index contributed by atoms with van der Waals surface area (Å²) in [6.45, 7) is 0. The molecule has 45 heavy (non-hydrogen) atoms. The maximum atomic E-state index is 13.7. The van der Waals surface area contributed by atoms with E-state index < -0.39 is 48.5 Å². The van der Waals surface area contributed by atoms with Gasteiger partial charge in [0.15, 0.2) is 16.4 Å². The van der Waals surface area contributed by atoms with Gasteiger partial charge in [-0.1, -0.05) is 6.07 Å². The average molecular weight is 661 g/mol. The van der Waals surface area contributed by atoms with Crippen LogP contribution in [0.5, 0.6) is 23.0 Å². The summed E-state index contributed by atoms with van der Waals surface area (Å²) in [5.74, 6) is -2.33. The fourth-order valence-corrected chi connectivity index (χ4v) is 7.35. The van der Waals surface area contributed by atoms with Crippen LogP contribution in [-0.2, 0) is 20.0 Å². The Morgan fingerprint density at radius 1 is 0.711 bits per heavy atom. The number of ketones is 1. The summed E-state index contributed by atoms with van der Waals surface area (Å²) in [5, 5.41) is 0. The van der Waals surface area contributed by atoms with Crippen LogP contribution in [0.1, 0.15) is 28.4 Å². The van der Waals surface area contributed by atoms with Crippen molar-refractivity contribution in [2.24, 2.45) is 0 Å². The lowest BCUT2D eigenvalue weighted by Crippen LogP contribution is -2.25. The molecule has 2 N–H and O–H groups in total. The molecule has 15 heteroatoms. The molecule has 0 aromatic heterocycles. The molecule has 1 unspecified atom stereocenters. The Bertz CT molecular complexity index is 1990. The van der Waals surface area contributed by atoms with Crippen molar-refractivity contribution < 1.29 is 49.4 Å². The summed E-state index contributed by atoms with van der Waals surface area (Å²) < 4.78 is 108. The van der Waals surface area contributed by atoms with Crippen LogP contribution in [0, 0.1) is 11.6 Å². The van der Waals surface area contributed by atoms with Crippen molar-refractivity contribution in [2.45, 2.75) is 22.3 Å². The number of hydrogen-bond donors (Lipinski definition) is 2. The molecule has 1 aliphatic rings. The Morgan fingerprint density at radius 3 is 1.78 bits per heavy atom. The number of sulfonamides is 2. The van der Waals surface area contributed by atoms with E-state index in [0.717, 1.165) is 24.3 Å². The minimum absolute atomic E-state index is 0.00692. The van der Waals surface area contributed by atoms with Crippen LogP contribution in [0.3, 0.4) is 0 Å². The Balaban J connectivity index is 1.59. The molecule has 5 rings (SSSR count). The summed E-state index contributed by atoms with van der Waals surface area (Å²) in [6, 6.07) is 14.5. The van der Waals surface area contributed by atoms with E-state index in [1.807, 2.05) is 0 Å². The van der Waals surface area contributed by atoms with Crippen molar-refractivity contribution in [3.8, 4) is 23.0 Å². The standard InChI is InChI=1S/C30H26F2N2O9S2/c1-40-23-13-4-17(14-27(23)44(36,37)33-20-9-5-18(31)6-10-20)24-15-22(35)28-25(41-2)16-26(42-3)30(29(28)43-24)45(38,39)34-21-11-7-19(32)8-12-21/h4-14,16,24,33-34H,15H2,1-3H3. The van der Waals surface area contributed by atoms with E-state index in [1.54, 1.807) is 0 Å². The third kappa shape index (κ3) is 6.35. The van der Waals surface area contributed by atoms with Crippen LogP contribution in [0.15, 0.2) is 82.6 Å². The molecule has 1 aliphatic heterocycles.